The Balaban J connectivity index is 2.11. The van der Waals surface area contributed by atoms with Crippen LogP contribution in [0, 0.1) is 5.82 Å². The van der Waals surface area contributed by atoms with Crippen molar-refractivity contribution in [1.82, 2.24) is 9.55 Å². The first kappa shape index (κ1) is 11.7. The molecular weight excluding hydrogens is 241 g/mol. The summed E-state index contributed by atoms with van der Waals surface area (Å²) in [5.74, 6) is 0.537. The Hall–Kier alpha value is -2.36. The molecule has 0 bridgehead atoms. The molecule has 3 rings (SSSR count). The Bertz CT molecular complexity index is 733. The summed E-state index contributed by atoms with van der Waals surface area (Å²) >= 11 is 0. The number of aromatic nitrogens is 2. The fourth-order valence-corrected chi connectivity index (χ4v) is 2.23. The van der Waals surface area contributed by atoms with Gasteiger partial charge < -0.3 is 9.47 Å². The Morgan fingerprint density at radius 3 is 2.63 bits per heavy atom. The number of rotatable bonds is 2. The van der Waals surface area contributed by atoms with Crippen LogP contribution in [-0.4, -0.2) is 16.6 Å². The molecule has 0 aliphatic carbocycles. The highest BCUT2D eigenvalue weighted by Crippen LogP contribution is 2.26. The number of hydrogen-bond acceptors (Lipinski definition) is 2. The predicted molar refractivity (Wildman–Crippen MR) is 75.2 cm³/mol. The van der Waals surface area contributed by atoms with Crippen molar-refractivity contribution in [2.75, 3.05) is 11.9 Å². The third-order valence-electron chi connectivity index (χ3n) is 3.26. The van der Waals surface area contributed by atoms with Crippen molar-refractivity contribution in [3.63, 3.8) is 0 Å². The number of fused-ring (bicyclic) bond motifs is 1. The van der Waals surface area contributed by atoms with E-state index in [1.165, 1.54) is 12.1 Å². The Morgan fingerprint density at radius 1 is 1.11 bits per heavy atom. The predicted octanol–water partition coefficient (Wildman–Crippen LogP) is 3.48. The van der Waals surface area contributed by atoms with Crippen LogP contribution in [0.5, 0.6) is 0 Å². The van der Waals surface area contributed by atoms with Crippen molar-refractivity contribution in [1.29, 1.82) is 0 Å². The van der Waals surface area contributed by atoms with E-state index in [0.29, 0.717) is 0 Å². The summed E-state index contributed by atoms with van der Waals surface area (Å²) in [6, 6.07) is 14.4. The second-order valence-corrected chi connectivity index (χ2v) is 4.50. The molecule has 2 aromatic carbocycles. The Labute approximate surface area is 110 Å². The van der Waals surface area contributed by atoms with Crippen LogP contribution < -0.4 is 4.90 Å². The molecule has 0 N–H and O–H groups in total. The van der Waals surface area contributed by atoms with E-state index >= 15 is 0 Å². The van der Waals surface area contributed by atoms with E-state index in [4.69, 9.17) is 0 Å². The van der Waals surface area contributed by atoms with Gasteiger partial charge in [-0.05, 0) is 30.3 Å². The SMILES string of the molecule is CN(c1cccc(F)c1)c1nc2ccccc2n1C. The van der Waals surface area contributed by atoms with Gasteiger partial charge in [-0.25, -0.2) is 9.37 Å². The van der Waals surface area contributed by atoms with E-state index in [1.807, 2.05) is 53.9 Å². The molecule has 0 saturated carbocycles. The van der Waals surface area contributed by atoms with Gasteiger partial charge in [0.15, 0.2) is 0 Å². The van der Waals surface area contributed by atoms with Gasteiger partial charge in [-0.15, -0.1) is 0 Å². The largest absolute Gasteiger partial charge is 0.315 e. The molecule has 0 fully saturated rings. The van der Waals surface area contributed by atoms with Gasteiger partial charge in [0.05, 0.1) is 11.0 Å². The third kappa shape index (κ3) is 1.95. The zero-order valence-corrected chi connectivity index (χ0v) is 10.8. The summed E-state index contributed by atoms with van der Waals surface area (Å²) in [5.41, 5.74) is 2.77. The fraction of sp³-hybridized carbons (Fsp3) is 0.133. The molecule has 0 amide bonds. The fourth-order valence-electron chi connectivity index (χ4n) is 2.23. The maximum Gasteiger partial charge on any atom is 0.210 e. The first-order chi connectivity index (χ1) is 9.16. The first-order valence-corrected chi connectivity index (χ1v) is 6.07. The quantitative estimate of drug-likeness (QED) is 0.699. The van der Waals surface area contributed by atoms with Crippen molar-refractivity contribution in [3.8, 4) is 0 Å². The summed E-state index contributed by atoms with van der Waals surface area (Å²) in [6.45, 7) is 0. The van der Waals surface area contributed by atoms with Gasteiger partial charge in [-0.2, -0.15) is 0 Å². The smallest absolute Gasteiger partial charge is 0.210 e. The van der Waals surface area contributed by atoms with Gasteiger partial charge in [0.1, 0.15) is 5.82 Å². The number of imidazole rings is 1. The zero-order valence-electron chi connectivity index (χ0n) is 10.8. The number of anilines is 2. The lowest BCUT2D eigenvalue weighted by molar-refractivity contribution is 0.627. The topological polar surface area (TPSA) is 21.1 Å². The molecule has 0 unspecified atom stereocenters. The number of nitrogens with zero attached hydrogens (tertiary/aromatic N) is 3. The van der Waals surface area contributed by atoms with Crippen molar-refractivity contribution in [2.45, 2.75) is 0 Å². The van der Waals surface area contributed by atoms with Gasteiger partial charge in [0.2, 0.25) is 5.95 Å². The number of halogens is 1. The van der Waals surface area contributed by atoms with Crippen molar-refractivity contribution < 1.29 is 4.39 Å². The highest BCUT2D eigenvalue weighted by Gasteiger charge is 2.13. The number of aryl methyl sites for hydroxylation is 1. The van der Waals surface area contributed by atoms with E-state index < -0.39 is 0 Å². The van der Waals surface area contributed by atoms with Crippen molar-refractivity contribution >= 4 is 22.7 Å². The molecule has 0 atom stereocenters. The van der Waals surface area contributed by atoms with Gasteiger partial charge >= 0.3 is 0 Å². The van der Waals surface area contributed by atoms with Crippen LogP contribution in [0.1, 0.15) is 0 Å². The molecule has 0 saturated heterocycles. The maximum absolute atomic E-state index is 13.3. The summed E-state index contributed by atoms with van der Waals surface area (Å²) in [6.07, 6.45) is 0. The van der Waals surface area contributed by atoms with Crippen LogP contribution >= 0.6 is 0 Å². The van der Waals surface area contributed by atoms with Crippen molar-refractivity contribution in [3.05, 3.63) is 54.3 Å². The van der Waals surface area contributed by atoms with Crippen LogP contribution in [0.3, 0.4) is 0 Å². The van der Waals surface area contributed by atoms with Gasteiger partial charge in [0.25, 0.3) is 0 Å². The molecular formula is C15H14FN3. The number of benzene rings is 2. The van der Waals surface area contributed by atoms with Crippen LogP contribution in [0.2, 0.25) is 0 Å². The lowest BCUT2D eigenvalue weighted by Gasteiger charge is -2.18. The maximum atomic E-state index is 13.3. The van der Waals surface area contributed by atoms with E-state index in [2.05, 4.69) is 4.98 Å². The molecule has 3 nitrogen and oxygen atoms in total. The van der Waals surface area contributed by atoms with Crippen LogP contribution in [0.15, 0.2) is 48.5 Å². The second-order valence-electron chi connectivity index (χ2n) is 4.50. The zero-order chi connectivity index (χ0) is 13.4. The van der Waals surface area contributed by atoms with E-state index in [9.17, 15) is 4.39 Å². The van der Waals surface area contributed by atoms with E-state index in [0.717, 1.165) is 22.7 Å². The molecule has 96 valence electrons. The summed E-state index contributed by atoms with van der Waals surface area (Å²) in [7, 11) is 3.84. The minimum atomic E-state index is -0.247. The number of hydrogen-bond donors (Lipinski definition) is 0. The van der Waals surface area contributed by atoms with E-state index in [1.54, 1.807) is 6.07 Å². The third-order valence-corrected chi connectivity index (χ3v) is 3.26. The molecule has 0 spiro atoms. The summed E-state index contributed by atoms with van der Waals surface area (Å²) < 4.78 is 15.3. The van der Waals surface area contributed by atoms with Gasteiger partial charge in [0, 0.05) is 19.8 Å². The molecule has 0 aliphatic heterocycles. The first-order valence-electron chi connectivity index (χ1n) is 6.07. The van der Waals surface area contributed by atoms with Crippen LogP contribution in [-0.2, 0) is 7.05 Å². The number of para-hydroxylation sites is 2. The highest BCUT2D eigenvalue weighted by molar-refractivity contribution is 5.79. The Kier molecular flexibility index (Phi) is 2.71. The van der Waals surface area contributed by atoms with Crippen LogP contribution in [0.25, 0.3) is 11.0 Å². The average molecular weight is 255 g/mol. The molecule has 4 heteroatoms. The standard InChI is InChI=1S/C15H14FN3/c1-18(12-7-5-6-11(16)10-12)15-17-13-8-3-4-9-14(13)19(15)2/h3-10H,1-2H3. The Morgan fingerprint density at radius 2 is 1.89 bits per heavy atom. The van der Waals surface area contributed by atoms with Crippen LogP contribution in [0.4, 0.5) is 16.0 Å². The van der Waals surface area contributed by atoms with Gasteiger partial charge in [-0.1, -0.05) is 18.2 Å². The molecule has 0 aliphatic rings. The average Bonchev–Trinajstić information content (AvgIpc) is 2.76. The van der Waals surface area contributed by atoms with Crippen molar-refractivity contribution in [2.24, 2.45) is 7.05 Å². The lowest BCUT2D eigenvalue weighted by Crippen LogP contribution is -2.14. The van der Waals surface area contributed by atoms with E-state index in [-0.39, 0.29) is 5.82 Å². The molecule has 19 heavy (non-hydrogen) atoms. The molecule has 0 radical (unpaired) electrons. The minimum Gasteiger partial charge on any atom is -0.315 e. The normalized spacial score (nSPS) is 10.9. The second kappa shape index (κ2) is 4.39. The highest BCUT2D eigenvalue weighted by atomic mass is 19.1. The lowest BCUT2D eigenvalue weighted by atomic mass is 10.3. The monoisotopic (exact) mass is 255 g/mol. The molecule has 3 aromatic rings. The van der Waals surface area contributed by atoms with Gasteiger partial charge in [-0.3, -0.25) is 0 Å². The summed E-state index contributed by atoms with van der Waals surface area (Å²) in [5, 5.41) is 0. The summed E-state index contributed by atoms with van der Waals surface area (Å²) in [4.78, 5) is 6.46. The molecule has 1 aromatic heterocycles. The minimum absolute atomic E-state index is 0.247. The molecule has 1 heterocycles.